The second-order valence-corrected chi connectivity index (χ2v) is 5.37. The van der Waals surface area contributed by atoms with Crippen molar-refractivity contribution >= 4 is 17.2 Å². The first kappa shape index (κ1) is 13.7. The topological polar surface area (TPSA) is 33.2 Å². The van der Waals surface area contributed by atoms with Crippen LogP contribution in [0.15, 0.2) is 35.8 Å². The number of aryl methyl sites for hydroxylation is 1. The lowest BCUT2D eigenvalue weighted by Crippen LogP contribution is -2.31. The van der Waals surface area contributed by atoms with Crippen LogP contribution >= 0.6 is 11.3 Å². The molecule has 0 aliphatic carbocycles. The van der Waals surface area contributed by atoms with Gasteiger partial charge in [0.15, 0.2) is 0 Å². The quantitative estimate of drug-likeness (QED) is 0.839. The highest BCUT2D eigenvalue weighted by Gasteiger charge is 2.15. The van der Waals surface area contributed by atoms with Crippen LogP contribution in [0.1, 0.15) is 23.1 Å². The highest BCUT2D eigenvalue weighted by Crippen LogP contribution is 2.15. The van der Waals surface area contributed by atoms with Crippen molar-refractivity contribution < 1.29 is 4.79 Å². The second-order valence-electron chi connectivity index (χ2n) is 4.43. The molecule has 3 nitrogen and oxygen atoms in total. The number of thiazole rings is 1. The molecule has 1 aromatic heterocycles. The number of carbonyl (C=O) groups is 1. The van der Waals surface area contributed by atoms with Crippen LogP contribution in [0, 0.1) is 6.92 Å². The van der Waals surface area contributed by atoms with Crippen molar-refractivity contribution in [3.63, 3.8) is 0 Å². The standard InChI is InChI=1S/C15H18N2OS/c1-3-17(10-13-7-5-4-6-8-13)15(18)9-14-12(2)16-11-19-14/h4-8,11H,3,9-10H2,1-2H3. The van der Waals surface area contributed by atoms with Gasteiger partial charge in [0, 0.05) is 18.0 Å². The number of nitrogens with zero attached hydrogens (tertiary/aromatic N) is 2. The molecule has 2 rings (SSSR count). The van der Waals surface area contributed by atoms with Gasteiger partial charge in [0.1, 0.15) is 0 Å². The van der Waals surface area contributed by atoms with E-state index in [2.05, 4.69) is 4.98 Å². The number of amides is 1. The Morgan fingerprint density at radius 2 is 2.05 bits per heavy atom. The molecule has 0 aliphatic rings. The average Bonchev–Trinajstić information content (AvgIpc) is 2.82. The van der Waals surface area contributed by atoms with Gasteiger partial charge in [-0.25, -0.2) is 4.98 Å². The summed E-state index contributed by atoms with van der Waals surface area (Å²) in [7, 11) is 0. The minimum absolute atomic E-state index is 0.165. The van der Waals surface area contributed by atoms with Crippen molar-refractivity contribution in [3.05, 3.63) is 52.0 Å². The molecule has 0 spiro atoms. The summed E-state index contributed by atoms with van der Waals surface area (Å²) in [5, 5.41) is 0. The summed E-state index contributed by atoms with van der Waals surface area (Å²) in [5.41, 5.74) is 3.93. The summed E-state index contributed by atoms with van der Waals surface area (Å²) in [6.07, 6.45) is 0.456. The minimum Gasteiger partial charge on any atom is -0.338 e. The van der Waals surface area contributed by atoms with Gasteiger partial charge >= 0.3 is 0 Å². The maximum absolute atomic E-state index is 12.3. The van der Waals surface area contributed by atoms with E-state index in [0.717, 1.165) is 17.1 Å². The normalized spacial score (nSPS) is 10.4. The first-order valence-corrected chi connectivity index (χ1v) is 7.29. The van der Waals surface area contributed by atoms with E-state index in [-0.39, 0.29) is 5.91 Å². The lowest BCUT2D eigenvalue weighted by Gasteiger charge is -2.20. The zero-order valence-corrected chi connectivity index (χ0v) is 12.1. The summed E-state index contributed by atoms with van der Waals surface area (Å²) in [5.74, 6) is 0.165. The molecular weight excluding hydrogens is 256 g/mol. The van der Waals surface area contributed by atoms with Gasteiger partial charge in [-0.15, -0.1) is 11.3 Å². The van der Waals surface area contributed by atoms with Gasteiger partial charge in [0.05, 0.1) is 17.6 Å². The maximum Gasteiger partial charge on any atom is 0.228 e. The lowest BCUT2D eigenvalue weighted by atomic mass is 10.2. The Labute approximate surface area is 117 Å². The molecule has 1 amide bonds. The van der Waals surface area contributed by atoms with E-state index in [1.54, 1.807) is 16.8 Å². The van der Waals surface area contributed by atoms with E-state index in [0.29, 0.717) is 13.0 Å². The summed E-state index contributed by atoms with van der Waals surface area (Å²) in [4.78, 5) is 19.4. The van der Waals surface area contributed by atoms with Crippen LogP contribution in [-0.2, 0) is 17.8 Å². The van der Waals surface area contributed by atoms with Gasteiger partial charge in [-0.05, 0) is 19.4 Å². The predicted octanol–water partition coefficient (Wildman–Crippen LogP) is 3.04. The first-order valence-electron chi connectivity index (χ1n) is 6.41. The first-order chi connectivity index (χ1) is 9.20. The molecule has 19 heavy (non-hydrogen) atoms. The second kappa shape index (κ2) is 6.48. The van der Waals surface area contributed by atoms with Gasteiger partial charge in [-0.1, -0.05) is 30.3 Å². The fraction of sp³-hybridized carbons (Fsp3) is 0.333. The van der Waals surface area contributed by atoms with Crippen LogP contribution in [0.3, 0.4) is 0 Å². The van der Waals surface area contributed by atoms with Crippen LogP contribution in [-0.4, -0.2) is 22.3 Å². The number of rotatable bonds is 5. The van der Waals surface area contributed by atoms with Crippen molar-refractivity contribution in [2.45, 2.75) is 26.8 Å². The molecule has 1 heterocycles. The number of likely N-dealkylation sites (N-methyl/N-ethyl adjacent to an activating group) is 1. The van der Waals surface area contributed by atoms with Gasteiger partial charge in [0.25, 0.3) is 0 Å². The van der Waals surface area contributed by atoms with Gasteiger partial charge < -0.3 is 4.90 Å². The monoisotopic (exact) mass is 274 g/mol. The smallest absolute Gasteiger partial charge is 0.228 e. The molecule has 4 heteroatoms. The fourth-order valence-corrected chi connectivity index (χ4v) is 2.69. The molecule has 0 N–H and O–H groups in total. The molecule has 0 saturated carbocycles. The van der Waals surface area contributed by atoms with E-state index in [1.807, 2.05) is 49.1 Å². The number of carbonyl (C=O) groups excluding carboxylic acids is 1. The molecule has 0 unspecified atom stereocenters. The fourth-order valence-electron chi connectivity index (χ4n) is 1.93. The Morgan fingerprint density at radius 1 is 1.32 bits per heavy atom. The number of aromatic nitrogens is 1. The van der Waals surface area contributed by atoms with E-state index in [1.165, 1.54) is 5.56 Å². The Morgan fingerprint density at radius 3 is 2.63 bits per heavy atom. The van der Waals surface area contributed by atoms with Crippen molar-refractivity contribution in [1.29, 1.82) is 0 Å². The zero-order chi connectivity index (χ0) is 13.7. The Balaban J connectivity index is 2.01. The molecule has 0 fully saturated rings. The van der Waals surface area contributed by atoms with Crippen LogP contribution in [0.5, 0.6) is 0 Å². The van der Waals surface area contributed by atoms with Crippen LogP contribution < -0.4 is 0 Å². The Bertz CT molecular complexity index is 536. The summed E-state index contributed by atoms with van der Waals surface area (Å²) >= 11 is 1.55. The molecule has 0 saturated heterocycles. The van der Waals surface area contributed by atoms with Crippen LogP contribution in [0.25, 0.3) is 0 Å². The van der Waals surface area contributed by atoms with Crippen molar-refractivity contribution in [3.8, 4) is 0 Å². The number of hydrogen-bond donors (Lipinski definition) is 0. The molecule has 0 atom stereocenters. The van der Waals surface area contributed by atoms with Gasteiger partial charge in [-0.3, -0.25) is 4.79 Å². The van der Waals surface area contributed by atoms with Crippen molar-refractivity contribution in [1.82, 2.24) is 9.88 Å². The molecule has 100 valence electrons. The number of hydrogen-bond acceptors (Lipinski definition) is 3. The van der Waals surface area contributed by atoms with E-state index in [4.69, 9.17) is 0 Å². The molecule has 1 aromatic carbocycles. The summed E-state index contributed by atoms with van der Waals surface area (Å²) in [6, 6.07) is 10.1. The number of benzene rings is 1. The van der Waals surface area contributed by atoms with E-state index < -0.39 is 0 Å². The van der Waals surface area contributed by atoms with Crippen molar-refractivity contribution in [2.24, 2.45) is 0 Å². The minimum atomic E-state index is 0.165. The highest BCUT2D eigenvalue weighted by molar-refractivity contribution is 7.09. The van der Waals surface area contributed by atoms with E-state index in [9.17, 15) is 4.79 Å². The molecule has 0 aliphatic heterocycles. The van der Waals surface area contributed by atoms with E-state index >= 15 is 0 Å². The summed E-state index contributed by atoms with van der Waals surface area (Å²) in [6.45, 7) is 5.37. The van der Waals surface area contributed by atoms with Crippen molar-refractivity contribution in [2.75, 3.05) is 6.54 Å². The molecular formula is C15H18N2OS. The maximum atomic E-state index is 12.3. The Hall–Kier alpha value is -1.68. The molecule has 0 radical (unpaired) electrons. The van der Waals surface area contributed by atoms with Gasteiger partial charge in [-0.2, -0.15) is 0 Å². The zero-order valence-electron chi connectivity index (χ0n) is 11.3. The third kappa shape index (κ3) is 3.64. The van der Waals surface area contributed by atoms with Crippen LogP contribution in [0.2, 0.25) is 0 Å². The lowest BCUT2D eigenvalue weighted by molar-refractivity contribution is -0.130. The van der Waals surface area contributed by atoms with Gasteiger partial charge in [0.2, 0.25) is 5.91 Å². The highest BCUT2D eigenvalue weighted by atomic mass is 32.1. The SMILES string of the molecule is CCN(Cc1ccccc1)C(=O)Cc1scnc1C. The average molecular weight is 274 g/mol. The Kier molecular flexibility index (Phi) is 4.68. The third-order valence-corrected chi connectivity index (χ3v) is 4.04. The summed E-state index contributed by atoms with van der Waals surface area (Å²) < 4.78 is 0. The van der Waals surface area contributed by atoms with Crippen LogP contribution in [0.4, 0.5) is 0 Å². The third-order valence-electron chi connectivity index (χ3n) is 3.11. The predicted molar refractivity (Wildman–Crippen MR) is 78.1 cm³/mol. The largest absolute Gasteiger partial charge is 0.338 e. The molecule has 2 aromatic rings. The molecule has 0 bridgehead atoms.